The predicted octanol–water partition coefficient (Wildman–Crippen LogP) is 11.3. The smallest absolute Gasteiger partial charge is 0.235 e. The number of pyridine rings is 1. The summed E-state index contributed by atoms with van der Waals surface area (Å²) in [6, 6.07) is 49.6. The molecule has 0 radical (unpaired) electrons. The first-order valence-electron chi connectivity index (χ1n) is 16.4. The normalized spacial score (nSPS) is 12.1. The van der Waals surface area contributed by atoms with E-state index in [4.69, 9.17) is 15.0 Å². The van der Waals surface area contributed by atoms with Gasteiger partial charge in [-0.25, -0.2) is 9.97 Å². The van der Waals surface area contributed by atoms with Crippen molar-refractivity contribution in [2.45, 2.75) is 0 Å². The molecule has 0 aliphatic rings. The van der Waals surface area contributed by atoms with Gasteiger partial charge in [0, 0.05) is 58.9 Å². The summed E-state index contributed by atoms with van der Waals surface area (Å²) in [6.45, 7) is 0. The minimum absolute atomic E-state index is 0.647. The zero-order valence-electron chi connectivity index (χ0n) is 26.1. The number of thiophene rings is 1. The molecule has 11 aromatic rings. The summed E-state index contributed by atoms with van der Waals surface area (Å²) in [5.74, 6) is 0.647. The summed E-state index contributed by atoms with van der Waals surface area (Å²) in [5.41, 5.74) is 8.40. The maximum Gasteiger partial charge on any atom is 0.235 e. The first kappa shape index (κ1) is 26.7. The maximum absolute atomic E-state index is 5.23. The predicted molar refractivity (Wildman–Crippen MR) is 204 cm³/mol. The van der Waals surface area contributed by atoms with Gasteiger partial charge in [0.25, 0.3) is 0 Å². The quantitative estimate of drug-likeness (QED) is 0.192. The van der Waals surface area contributed by atoms with Gasteiger partial charge in [0.05, 0.1) is 45.2 Å². The fraction of sp³-hybridized carbons (Fsp3) is 0. The highest BCUT2D eigenvalue weighted by Crippen LogP contribution is 2.42. The lowest BCUT2D eigenvalue weighted by Gasteiger charge is -2.10. The summed E-state index contributed by atoms with van der Waals surface area (Å²) in [6.07, 6.45) is 3.87. The van der Waals surface area contributed by atoms with Crippen LogP contribution < -0.4 is 0 Å². The second kappa shape index (κ2) is 10.1. The fourth-order valence-corrected chi connectivity index (χ4v) is 8.76. The SMILES string of the molecule is c1ccc2ncc(-n3c4ccccc4c4ccc5c(c6ccccc6n5-c5nccc(-c6ccc7sc8ccccc8c7c6)n5)c43)cc2c1. The van der Waals surface area contributed by atoms with Crippen LogP contribution in [0, 0.1) is 0 Å². The van der Waals surface area contributed by atoms with Crippen LogP contribution in [0.3, 0.4) is 0 Å². The average molecular weight is 644 g/mol. The molecular formula is C43H25N5S. The number of benzene rings is 6. The van der Waals surface area contributed by atoms with Gasteiger partial charge in [0.15, 0.2) is 0 Å². The zero-order chi connectivity index (χ0) is 32.1. The Morgan fingerprint density at radius 2 is 1.27 bits per heavy atom. The van der Waals surface area contributed by atoms with Crippen LogP contribution in [-0.4, -0.2) is 24.1 Å². The zero-order valence-corrected chi connectivity index (χ0v) is 26.9. The molecule has 5 nitrogen and oxygen atoms in total. The van der Waals surface area contributed by atoms with Crippen molar-refractivity contribution >= 4 is 86.0 Å². The van der Waals surface area contributed by atoms with Gasteiger partial charge < -0.3 is 4.57 Å². The van der Waals surface area contributed by atoms with E-state index >= 15 is 0 Å². The number of hydrogen-bond acceptors (Lipinski definition) is 4. The van der Waals surface area contributed by atoms with Crippen LogP contribution in [-0.2, 0) is 0 Å². The standard InChI is InChI=1S/C43H25N5S/c1-5-13-34-26(9-1)23-28(25-45-34)47-36-14-6-2-10-29(36)31-18-19-38-41(42(31)47)32-12-3-7-15-37(32)48(38)43-44-22-21-35(46-43)27-17-20-40-33(24-27)30-11-4-8-16-39(30)49-40/h1-25H. The minimum atomic E-state index is 0.647. The molecule has 0 amide bonds. The molecule has 0 bridgehead atoms. The third-order valence-electron chi connectivity index (χ3n) is 9.82. The second-order valence-corrected chi connectivity index (χ2v) is 13.6. The van der Waals surface area contributed by atoms with Crippen LogP contribution in [0.4, 0.5) is 0 Å². The van der Waals surface area contributed by atoms with Gasteiger partial charge in [-0.1, -0.05) is 84.9 Å². The number of aromatic nitrogens is 5. The lowest BCUT2D eigenvalue weighted by Crippen LogP contribution is -2.01. The van der Waals surface area contributed by atoms with Crippen molar-refractivity contribution in [2.75, 3.05) is 0 Å². The monoisotopic (exact) mass is 643 g/mol. The highest BCUT2D eigenvalue weighted by atomic mass is 32.1. The minimum Gasteiger partial charge on any atom is -0.307 e. The molecule has 6 aromatic carbocycles. The first-order valence-corrected chi connectivity index (χ1v) is 17.2. The van der Waals surface area contributed by atoms with E-state index in [1.807, 2.05) is 35.9 Å². The van der Waals surface area contributed by atoms with E-state index < -0.39 is 0 Å². The van der Waals surface area contributed by atoms with Gasteiger partial charge in [-0.15, -0.1) is 11.3 Å². The molecule has 0 saturated heterocycles. The summed E-state index contributed by atoms with van der Waals surface area (Å²) in [5, 5.41) is 8.37. The van der Waals surface area contributed by atoms with Crippen LogP contribution in [0.1, 0.15) is 0 Å². The van der Waals surface area contributed by atoms with Crippen LogP contribution in [0.5, 0.6) is 0 Å². The molecule has 0 aliphatic carbocycles. The Balaban J connectivity index is 1.19. The molecule has 0 unspecified atom stereocenters. The molecule has 11 rings (SSSR count). The second-order valence-electron chi connectivity index (χ2n) is 12.5. The lowest BCUT2D eigenvalue weighted by molar-refractivity contribution is 0.992. The van der Waals surface area contributed by atoms with Crippen molar-refractivity contribution in [1.29, 1.82) is 0 Å². The Labute approximate surface area is 284 Å². The Hall–Kier alpha value is -6.37. The van der Waals surface area contributed by atoms with Crippen molar-refractivity contribution < 1.29 is 0 Å². The van der Waals surface area contributed by atoms with E-state index in [0.717, 1.165) is 60.7 Å². The van der Waals surface area contributed by atoms with Crippen LogP contribution in [0.25, 0.3) is 97.6 Å². The third kappa shape index (κ3) is 3.83. The maximum atomic E-state index is 5.23. The van der Waals surface area contributed by atoms with E-state index in [1.54, 1.807) is 0 Å². The van der Waals surface area contributed by atoms with E-state index in [1.165, 1.54) is 30.9 Å². The molecule has 0 N–H and O–H groups in total. The van der Waals surface area contributed by atoms with E-state index in [0.29, 0.717) is 5.95 Å². The molecule has 0 fully saturated rings. The number of para-hydroxylation sites is 3. The van der Waals surface area contributed by atoms with Gasteiger partial charge in [0.1, 0.15) is 0 Å². The Morgan fingerprint density at radius 1 is 0.510 bits per heavy atom. The van der Waals surface area contributed by atoms with Crippen molar-refractivity contribution in [3.63, 3.8) is 0 Å². The van der Waals surface area contributed by atoms with E-state index in [2.05, 4.69) is 137 Å². The Kier molecular flexibility index (Phi) is 5.48. The van der Waals surface area contributed by atoms with Gasteiger partial charge in [-0.05, 0) is 54.6 Å². The summed E-state index contributed by atoms with van der Waals surface area (Å²) in [7, 11) is 0. The van der Waals surface area contributed by atoms with E-state index in [-0.39, 0.29) is 0 Å². The number of rotatable bonds is 3. The molecule has 228 valence electrons. The third-order valence-corrected chi connectivity index (χ3v) is 11.0. The van der Waals surface area contributed by atoms with Gasteiger partial charge in [0.2, 0.25) is 5.95 Å². The Bertz CT molecular complexity index is 3130. The molecule has 49 heavy (non-hydrogen) atoms. The molecule has 6 heteroatoms. The van der Waals surface area contributed by atoms with Crippen LogP contribution >= 0.6 is 11.3 Å². The summed E-state index contributed by atoms with van der Waals surface area (Å²) in [4.78, 5) is 15.0. The fourth-order valence-electron chi connectivity index (χ4n) is 7.68. The topological polar surface area (TPSA) is 48.5 Å². The molecular weight excluding hydrogens is 619 g/mol. The summed E-state index contributed by atoms with van der Waals surface area (Å²) >= 11 is 1.83. The number of fused-ring (bicyclic) bond motifs is 11. The average Bonchev–Trinajstić information content (AvgIpc) is 3.82. The van der Waals surface area contributed by atoms with Gasteiger partial charge >= 0.3 is 0 Å². The number of hydrogen-bond donors (Lipinski definition) is 0. The number of nitrogens with zero attached hydrogens (tertiary/aromatic N) is 5. The first-order chi connectivity index (χ1) is 24.3. The van der Waals surface area contributed by atoms with E-state index in [9.17, 15) is 0 Å². The molecule has 0 spiro atoms. The van der Waals surface area contributed by atoms with Crippen LogP contribution in [0.2, 0.25) is 0 Å². The molecule has 0 saturated carbocycles. The largest absolute Gasteiger partial charge is 0.307 e. The highest BCUT2D eigenvalue weighted by molar-refractivity contribution is 7.25. The molecule has 0 atom stereocenters. The van der Waals surface area contributed by atoms with Crippen molar-refractivity contribution in [2.24, 2.45) is 0 Å². The van der Waals surface area contributed by atoms with Crippen LogP contribution in [0.15, 0.2) is 152 Å². The van der Waals surface area contributed by atoms with Gasteiger partial charge in [-0.2, -0.15) is 0 Å². The lowest BCUT2D eigenvalue weighted by atomic mass is 10.1. The van der Waals surface area contributed by atoms with Gasteiger partial charge in [-0.3, -0.25) is 9.55 Å². The molecule has 5 aromatic heterocycles. The summed E-state index contributed by atoms with van der Waals surface area (Å²) < 4.78 is 7.17. The highest BCUT2D eigenvalue weighted by Gasteiger charge is 2.22. The van der Waals surface area contributed by atoms with Crippen molar-refractivity contribution in [3.05, 3.63) is 152 Å². The van der Waals surface area contributed by atoms with Crippen molar-refractivity contribution in [1.82, 2.24) is 24.1 Å². The molecule has 5 heterocycles. The Morgan fingerprint density at radius 3 is 2.18 bits per heavy atom. The van der Waals surface area contributed by atoms with Crippen molar-refractivity contribution in [3.8, 4) is 22.9 Å². The molecule has 0 aliphatic heterocycles.